The summed E-state index contributed by atoms with van der Waals surface area (Å²) in [6.07, 6.45) is 1.68. The summed E-state index contributed by atoms with van der Waals surface area (Å²) in [7, 11) is 1.96. The molecule has 1 heterocycles. The molecule has 1 aromatic heterocycles. The number of rotatable bonds is 6. The minimum absolute atomic E-state index is 0.135. The van der Waals surface area contributed by atoms with E-state index in [0.29, 0.717) is 6.54 Å². The van der Waals surface area contributed by atoms with Gasteiger partial charge in [0, 0.05) is 25.0 Å². The summed E-state index contributed by atoms with van der Waals surface area (Å²) in [6.45, 7) is 2.85. The van der Waals surface area contributed by atoms with Crippen molar-refractivity contribution in [2.45, 2.75) is 13.0 Å². The second kappa shape index (κ2) is 6.29. The van der Waals surface area contributed by atoms with Gasteiger partial charge >= 0.3 is 0 Å². The van der Waals surface area contributed by atoms with E-state index >= 15 is 0 Å². The molecule has 1 aromatic carbocycles. The molecule has 102 valence electrons. The van der Waals surface area contributed by atoms with Crippen LogP contribution in [0.2, 0.25) is 0 Å². The Bertz CT molecular complexity index is 479. The Morgan fingerprint density at radius 2 is 2.00 bits per heavy atom. The van der Waals surface area contributed by atoms with Gasteiger partial charge in [0.05, 0.1) is 18.9 Å². The molecule has 19 heavy (non-hydrogen) atoms. The number of likely N-dealkylation sites (N-methyl/N-ethyl adjacent to an activating group) is 1. The highest BCUT2D eigenvalue weighted by Crippen LogP contribution is 2.22. The molecule has 4 heteroatoms. The van der Waals surface area contributed by atoms with Gasteiger partial charge < -0.3 is 19.7 Å². The zero-order chi connectivity index (χ0) is 13.7. The third-order valence-corrected chi connectivity index (χ3v) is 3.10. The Morgan fingerprint density at radius 1 is 1.26 bits per heavy atom. The maximum Gasteiger partial charge on any atom is 0.125 e. The number of anilines is 2. The summed E-state index contributed by atoms with van der Waals surface area (Å²) in [5, 5.41) is 12.3. The molecule has 0 amide bonds. The molecular weight excluding hydrogens is 240 g/mol. The van der Waals surface area contributed by atoms with Crippen LogP contribution in [0.4, 0.5) is 11.4 Å². The maximum atomic E-state index is 8.91. The summed E-state index contributed by atoms with van der Waals surface area (Å²) in [6, 6.07) is 12.1. The molecule has 1 atom stereocenters. The Kier molecular flexibility index (Phi) is 4.47. The maximum absolute atomic E-state index is 8.91. The van der Waals surface area contributed by atoms with Crippen LogP contribution in [0.5, 0.6) is 0 Å². The number of nitrogens with zero attached hydrogens (tertiary/aromatic N) is 1. The van der Waals surface area contributed by atoms with Gasteiger partial charge in [-0.25, -0.2) is 0 Å². The highest BCUT2D eigenvalue weighted by Gasteiger charge is 2.08. The van der Waals surface area contributed by atoms with E-state index in [1.165, 1.54) is 0 Å². The molecule has 0 fully saturated rings. The first-order chi connectivity index (χ1) is 9.20. The van der Waals surface area contributed by atoms with Gasteiger partial charge in [-0.15, -0.1) is 0 Å². The quantitative estimate of drug-likeness (QED) is 0.838. The zero-order valence-electron chi connectivity index (χ0n) is 11.3. The van der Waals surface area contributed by atoms with Crippen LogP contribution in [0.3, 0.4) is 0 Å². The van der Waals surface area contributed by atoms with Crippen molar-refractivity contribution in [3.8, 4) is 0 Å². The molecule has 1 unspecified atom stereocenters. The van der Waals surface area contributed by atoms with Gasteiger partial charge in [0.25, 0.3) is 0 Å². The molecule has 2 rings (SSSR count). The third kappa shape index (κ3) is 3.51. The molecule has 0 saturated carbocycles. The Labute approximate surface area is 113 Å². The largest absolute Gasteiger partial charge is 0.467 e. The minimum Gasteiger partial charge on any atom is -0.467 e. The summed E-state index contributed by atoms with van der Waals surface area (Å²) in [5.74, 6) is 0.918. The number of aliphatic hydroxyl groups is 1. The van der Waals surface area contributed by atoms with Crippen LogP contribution in [0.15, 0.2) is 47.1 Å². The van der Waals surface area contributed by atoms with E-state index in [0.717, 1.165) is 17.1 Å². The lowest BCUT2D eigenvalue weighted by molar-refractivity contribution is 0.304. The van der Waals surface area contributed by atoms with E-state index < -0.39 is 0 Å². The van der Waals surface area contributed by atoms with E-state index in [2.05, 4.69) is 12.2 Å². The number of nitrogens with one attached hydrogen (secondary N) is 1. The van der Waals surface area contributed by atoms with E-state index in [4.69, 9.17) is 9.52 Å². The highest BCUT2D eigenvalue weighted by molar-refractivity contribution is 5.55. The van der Waals surface area contributed by atoms with Crippen molar-refractivity contribution in [1.82, 2.24) is 0 Å². The molecule has 4 nitrogen and oxygen atoms in total. The second-order valence-corrected chi connectivity index (χ2v) is 4.57. The summed E-state index contributed by atoms with van der Waals surface area (Å²) in [4.78, 5) is 2.01. The fourth-order valence-corrected chi connectivity index (χ4v) is 1.95. The van der Waals surface area contributed by atoms with Gasteiger partial charge in [-0.05, 0) is 43.3 Å². The first kappa shape index (κ1) is 13.5. The lowest BCUT2D eigenvalue weighted by Crippen LogP contribution is -2.20. The average Bonchev–Trinajstić information content (AvgIpc) is 2.94. The Morgan fingerprint density at radius 3 is 2.58 bits per heavy atom. The smallest absolute Gasteiger partial charge is 0.125 e. The predicted octanol–water partition coefficient (Wildman–Crippen LogP) is 2.88. The molecule has 0 saturated heterocycles. The lowest BCUT2D eigenvalue weighted by atomic mass is 10.2. The van der Waals surface area contributed by atoms with Gasteiger partial charge in [-0.2, -0.15) is 0 Å². The van der Waals surface area contributed by atoms with E-state index in [1.54, 1.807) is 6.26 Å². The molecule has 0 spiro atoms. The van der Waals surface area contributed by atoms with E-state index in [-0.39, 0.29) is 12.6 Å². The molecule has 0 aliphatic rings. The normalized spacial score (nSPS) is 12.2. The SMILES string of the molecule is CC(Nc1ccc(N(C)CCO)cc1)c1ccco1. The molecule has 0 aliphatic heterocycles. The summed E-state index contributed by atoms with van der Waals surface area (Å²) in [5.41, 5.74) is 2.13. The lowest BCUT2D eigenvalue weighted by Gasteiger charge is -2.19. The van der Waals surface area contributed by atoms with Crippen molar-refractivity contribution in [1.29, 1.82) is 0 Å². The molecule has 0 radical (unpaired) electrons. The number of furan rings is 1. The standard InChI is InChI=1S/C15H20N2O2/c1-12(15-4-3-11-19-15)16-13-5-7-14(8-6-13)17(2)9-10-18/h3-8,11-12,16,18H,9-10H2,1-2H3. The van der Waals surface area contributed by atoms with Crippen LogP contribution in [-0.2, 0) is 0 Å². The van der Waals surface area contributed by atoms with Gasteiger partial charge in [-0.1, -0.05) is 0 Å². The van der Waals surface area contributed by atoms with Crippen molar-refractivity contribution in [3.63, 3.8) is 0 Å². The summed E-state index contributed by atoms with van der Waals surface area (Å²) < 4.78 is 5.36. The van der Waals surface area contributed by atoms with Crippen LogP contribution in [0.1, 0.15) is 18.7 Å². The monoisotopic (exact) mass is 260 g/mol. The topological polar surface area (TPSA) is 48.6 Å². The molecule has 2 N–H and O–H groups in total. The molecule has 0 bridgehead atoms. The first-order valence-electron chi connectivity index (χ1n) is 6.42. The number of hydrogen-bond acceptors (Lipinski definition) is 4. The van der Waals surface area contributed by atoms with Crippen LogP contribution < -0.4 is 10.2 Å². The van der Waals surface area contributed by atoms with Crippen molar-refractivity contribution < 1.29 is 9.52 Å². The number of aliphatic hydroxyl groups excluding tert-OH is 1. The molecule has 2 aromatic rings. The molecular formula is C15H20N2O2. The first-order valence-corrected chi connectivity index (χ1v) is 6.42. The summed E-state index contributed by atoms with van der Waals surface area (Å²) >= 11 is 0. The minimum atomic E-state index is 0.135. The molecule has 0 aliphatic carbocycles. The van der Waals surface area contributed by atoms with Gasteiger partial charge in [0.15, 0.2) is 0 Å². The Hall–Kier alpha value is -1.94. The van der Waals surface area contributed by atoms with Crippen molar-refractivity contribution in [2.75, 3.05) is 30.4 Å². The van der Waals surface area contributed by atoms with Crippen LogP contribution in [0, 0.1) is 0 Å². The number of hydrogen-bond donors (Lipinski definition) is 2. The zero-order valence-corrected chi connectivity index (χ0v) is 11.3. The second-order valence-electron chi connectivity index (χ2n) is 4.57. The predicted molar refractivity (Wildman–Crippen MR) is 77.5 cm³/mol. The van der Waals surface area contributed by atoms with E-state index in [1.807, 2.05) is 48.3 Å². The third-order valence-electron chi connectivity index (χ3n) is 3.10. The Balaban J connectivity index is 1.99. The van der Waals surface area contributed by atoms with Gasteiger partial charge in [0.2, 0.25) is 0 Å². The van der Waals surface area contributed by atoms with E-state index in [9.17, 15) is 0 Å². The van der Waals surface area contributed by atoms with Gasteiger partial charge in [-0.3, -0.25) is 0 Å². The number of benzene rings is 1. The van der Waals surface area contributed by atoms with Crippen LogP contribution >= 0.6 is 0 Å². The van der Waals surface area contributed by atoms with Crippen molar-refractivity contribution in [3.05, 3.63) is 48.4 Å². The van der Waals surface area contributed by atoms with Crippen LogP contribution in [0.25, 0.3) is 0 Å². The van der Waals surface area contributed by atoms with Crippen LogP contribution in [-0.4, -0.2) is 25.3 Å². The van der Waals surface area contributed by atoms with Crippen molar-refractivity contribution >= 4 is 11.4 Å². The fraction of sp³-hybridized carbons (Fsp3) is 0.333. The highest BCUT2D eigenvalue weighted by atomic mass is 16.3. The fourth-order valence-electron chi connectivity index (χ4n) is 1.95. The van der Waals surface area contributed by atoms with Crippen molar-refractivity contribution in [2.24, 2.45) is 0 Å². The van der Waals surface area contributed by atoms with Gasteiger partial charge in [0.1, 0.15) is 5.76 Å². The average molecular weight is 260 g/mol.